The summed E-state index contributed by atoms with van der Waals surface area (Å²) in [5.41, 5.74) is 1.36. The number of hydrogen-bond donors (Lipinski definition) is 1. The first-order valence-corrected chi connectivity index (χ1v) is 8.24. The quantitative estimate of drug-likeness (QED) is 0.669. The van der Waals surface area contributed by atoms with Crippen LogP contribution in [0.5, 0.6) is 0 Å². The van der Waals surface area contributed by atoms with E-state index in [1.807, 2.05) is 0 Å². The third kappa shape index (κ3) is 3.43. The minimum atomic E-state index is -0.661. The SMILES string of the molecule is C[C@H](CNC(=O)c1ccc([N+](=O)[O-])o1)N1CCc2sccc2C1. The van der Waals surface area contributed by atoms with E-state index in [4.69, 9.17) is 4.42 Å². The average Bonchev–Trinajstić information content (AvgIpc) is 3.20. The van der Waals surface area contributed by atoms with Gasteiger partial charge in [0, 0.05) is 30.6 Å². The highest BCUT2D eigenvalue weighted by atomic mass is 32.1. The minimum absolute atomic E-state index is 0.0392. The van der Waals surface area contributed by atoms with Gasteiger partial charge in [0.25, 0.3) is 5.91 Å². The standard InChI is InChI=1S/C15H17N3O4S/c1-10(17-6-4-13-11(9-17)5-7-23-13)8-16-15(19)12-2-3-14(22-12)18(20)21/h2-3,5,7,10H,4,6,8-9H2,1H3,(H,16,19)/t10-/m1/s1. The molecule has 1 amide bonds. The van der Waals surface area contributed by atoms with Gasteiger partial charge in [-0.1, -0.05) is 0 Å². The van der Waals surface area contributed by atoms with Crippen LogP contribution in [0.4, 0.5) is 5.88 Å². The normalized spacial score (nSPS) is 15.9. The second-order valence-electron chi connectivity index (χ2n) is 5.54. The Kier molecular flexibility index (Phi) is 4.44. The molecule has 0 radical (unpaired) electrons. The van der Waals surface area contributed by atoms with Gasteiger partial charge in [0.1, 0.15) is 4.92 Å². The molecule has 1 N–H and O–H groups in total. The minimum Gasteiger partial charge on any atom is -0.395 e. The number of rotatable bonds is 5. The first-order valence-electron chi connectivity index (χ1n) is 7.36. The molecule has 3 rings (SSSR count). The lowest BCUT2D eigenvalue weighted by Crippen LogP contribution is -2.44. The van der Waals surface area contributed by atoms with Crippen LogP contribution in [0.3, 0.4) is 0 Å². The number of thiophene rings is 1. The molecule has 0 fully saturated rings. The van der Waals surface area contributed by atoms with Crippen LogP contribution in [0.2, 0.25) is 0 Å². The Bertz CT molecular complexity index is 724. The number of hydrogen-bond acceptors (Lipinski definition) is 6. The zero-order valence-corrected chi connectivity index (χ0v) is 13.5. The molecule has 0 unspecified atom stereocenters. The Morgan fingerprint density at radius 3 is 3.09 bits per heavy atom. The average molecular weight is 335 g/mol. The highest BCUT2D eigenvalue weighted by Crippen LogP contribution is 2.25. The highest BCUT2D eigenvalue weighted by Gasteiger charge is 2.23. The molecule has 122 valence electrons. The molecule has 1 aliphatic rings. The van der Waals surface area contributed by atoms with Gasteiger partial charge < -0.3 is 9.73 Å². The van der Waals surface area contributed by atoms with Crippen molar-refractivity contribution in [2.75, 3.05) is 13.1 Å². The molecule has 2 aromatic rings. The second kappa shape index (κ2) is 6.51. The summed E-state index contributed by atoms with van der Waals surface area (Å²) in [5, 5.41) is 15.4. The van der Waals surface area contributed by atoms with E-state index >= 15 is 0 Å². The third-order valence-corrected chi connectivity index (χ3v) is 5.04. The maximum atomic E-state index is 12.0. The van der Waals surface area contributed by atoms with E-state index < -0.39 is 16.7 Å². The Labute approximate surface area is 137 Å². The van der Waals surface area contributed by atoms with Crippen LogP contribution in [0.25, 0.3) is 0 Å². The van der Waals surface area contributed by atoms with Gasteiger partial charge in [0.15, 0.2) is 5.76 Å². The summed E-state index contributed by atoms with van der Waals surface area (Å²) in [6.07, 6.45) is 1.04. The van der Waals surface area contributed by atoms with E-state index in [0.29, 0.717) is 6.54 Å². The number of carbonyl (C=O) groups excluding carboxylic acids is 1. The lowest BCUT2D eigenvalue weighted by molar-refractivity contribution is -0.402. The topological polar surface area (TPSA) is 88.6 Å². The number of nitrogens with zero attached hydrogens (tertiary/aromatic N) is 2. The van der Waals surface area contributed by atoms with Crippen molar-refractivity contribution in [1.82, 2.24) is 10.2 Å². The fraction of sp³-hybridized carbons (Fsp3) is 0.400. The molecule has 8 heteroatoms. The summed E-state index contributed by atoms with van der Waals surface area (Å²) < 4.78 is 4.90. The summed E-state index contributed by atoms with van der Waals surface area (Å²) in [6, 6.07) is 4.83. The van der Waals surface area contributed by atoms with Gasteiger partial charge in [-0.15, -0.1) is 11.3 Å². The molecule has 0 saturated carbocycles. The number of fused-ring (bicyclic) bond motifs is 1. The molecule has 0 bridgehead atoms. The van der Waals surface area contributed by atoms with Gasteiger partial charge in [-0.05, 0) is 36.4 Å². The Balaban J connectivity index is 1.53. The van der Waals surface area contributed by atoms with E-state index in [2.05, 4.69) is 28.6 Å². The van der Waals surface area contributed by atoms with Crippen molar-refractivity contribution in [3.63, 3.8) is 0 Å². The maximum absolute atomic E-state index is 12.0. The van der Waals surface area contributed by atoms with Crippen molar-refractivity contribution in [1.29, 1.82) is 0 Å². The molecule has 7 nitrogen and oxygen atoms in total. The van der Waals surface area contributed by atoms with Crippen LogP contribution in [0.1, 0.15) is 27.9 Å². The fourth-order valence-corrected chi connectivity index (χ4v) is 3.54. The summed E-state index contributed by atoms with van der Waals surface area (Å²) >= 11 is 1.80. The first-order chi connectivity index (χ1) is 11.0. The molecular weight excluding hydrogens is 318 g/mol. The lowest BCUT2D eigenvalue weighted by Gasteiger charge is -2.32. The predicted molar refractivity (Wildman–Crippen MR) is 85.6 cm³/mol. The summed E-state index contributed by atoms with van der Waals surface area (Å²) in [5.74, 6) is -0.898. The van der Waals surface area contributed by atoms with Crippen LogP contribution in [-0.2, 0) is 13.0 Å². The molecule has 3 heterocycles. The van der Waals surface area contributed by atoms with Crippen LogP contribution >= 0.6 is 11.3 Å². The van der Waals surface area contributed by atoms with Crippen LogP contribution in [0.15, 0.2) is 28.0 Å². The second-order valence-corrected chi connectivity index (χ2v) is 6.54. The Morgan fingerprint density at radius 1 is 1.52 bits per heavy atom. The molecule has 0 aromatic carbocycles. The van der Waals surface area contributed by atoms with Crippen molar-refractivity contribution in [3.8, 4) is 0 Å². The zero-order valence-electron chi connectivity index (χ0n) is 12.7. The molecule has 1 atom stereocenters. The van der Waals surface area contributed by atoms with Gasteiger partial charge in [0.05, 0.1) is 6.07 Å². The van der Waals surface area contributed by atoms with Crippen LogP contribution in [0, 0.1) is 10.1 Å². The van der Waals surface area contributed by atoms with E-state index in [1.54, 1.807) is 11.3 Å². The number of amides is 1. The zero-order chi connectivity index (χ0) is 16.4. The van der Waals surface area contributed by atoms with Crippen molar-refractivity contribution >= 4 is 23.1 Å². The molecule has 2 aromatic heterocycles. The van der Waals surface area contributed by atoms with Crippen molar-refractivity contribution in [2.24, 2.45) is 0 Å². The molecule has 0 spiro atoms. The first kappa shape index (κ1) is 15.7. The number of nitrogens with one attached hydrogen (secondary N) is 1. The number of nitro groups is 1. The Hall–Kier alpha value is -2.19. The maximum Gasteiger partial charge on any atom is 0.433 e. The molecular formula is C15H17N3O4S. The van der Waals surface area contributed by atoms with Gasteiger partial charge in [-0.3, -0.25) is 19.8 Å². The third-order valence-electron chi connectivity index (χ3n) is 4.01. The van der Waals surface area contributed by atoms with Gasteiger partial charge in [0.2, 0.25) is 0 Å². The van der Waals surface area contributed by atoms with E-state index in [0.717, 1.165) is 19.5 Å². The highest BCUT2D eigenvalue weighted by molar-refractivity contribution is 7.10. The monoisotopic (exact) mass is 335 g/mol. The van der Waals surface area contributed by atoms with Crippen LogP contribution in [-0.4, -0.2) is 34.9 Å². The lowest BCUT2D eigenvalue weighted by atomic mass is 10.1. The van der Waals surface area contributed by atoms with E-state index in [-0.39, 0.29) is 11.8 Å². The molecule has 0 saturated heterocycles. The smallest absolute Gasteiger partial charge is 0.395 e. The van der Waals surface area contributed by atoms with Crippen LogP contribution < -0.4 is 5.32 Å². The van der Waals surface area contributed by atoms with Gasteiger partial charge >= 0.3 is 5.88 Å². The van der Waals surface area contributed by atoms with E-state index in [1.165, 1.54) is 22.6 Å². The largest absolute Gasteiger partial charge is 0.433 e. The molecule has 23 heavy (non-hydrogen) atoms. The fourth-order valence-electron chi connectivity index (χ4n) is 2.65. The van der Waals surface area contributed by atoms with E-state index in [9.17, 15) is 14.9 Å². The predicted octanol–water partition coefficient (Wildman–Crippen LogP) is 2.43. The van der Waals surface area contributed by atoms with Crippen molar-refractivity contribution < 1.29 is 14.1 Å². The summed E-state index contributed by atoms with van der Waals surface area (Å²) in [7, 11) is 0. The number of furan rings is 1. The summed E-state index contributed by atoms with van der Waals surface area (Å²) in [4.78, 5) is 25.6. The Morgan fingerprint density at radius 2 is 2.35 bits per heavy atom. The molecule has 1 aliphatic heterocycles. The van der Waals surface area contributed by atoms with Crippen molar-refractivity contribution in [3.05, 3.63) is 49.9 Å². The summed E-state index contributed by atoms with van der Waals surface area (Å²) in [6.45, 7) is 4.38. The van der Waals surface area contributed by atoms with Crippen molar-refractivity contribution in [2.45, 2.75) is 25.9 Å². The molecule has 0 aliphatic carbocycles. The van der Waals surface area contributed by atoms with Gasteiger partial charge in [-0.25, -0.2) is 0 Å². The van der Waals surface area contributed by atoms with Gasteiger partial charge in [-0.2, -0.15) is 0 Å². The number of carbonyl (C=O) groups is 1.